The Kier molecular flexibility index (Phi) is 6.66. The van der Waals surface area contributed by atoms with Crippen LogP contribution in [-0.2, 0) is 0 Å². The number of aryl methyl sites for hydroxylation is 1. The molecule has 1 N–H and O–H groups in total. The maximum absolute atomic E-state index is 6.19. The minimum Gasteiger partial charge on any atom is -0.490 e. The van der Waals surface area contributed by atoms with Crippen molar-refractivity contribution in [3.63, 3.8) is 0 Å². The summed E-state index contributed by atoms with van der Waals surface area (Å²) in [5, 5.41) is 4.17. The lowest BCUT2D eigenvalue weighted by Crippen LogP contribution is -2.28. The van der Waals surface area contributed by atoms with Gasteiger partial charge in [0, 0.05) is 11.0 Å². The molecule has 0 spiro atoms. The van der Waals surface area contributed by atoms with Gasteiger partial charge < -0.3 is 10.1 Å². The summed E-state index contributed by atoms with van der Waals surface area (Å²) < 4.78 is 6.79. The molecule has 0 bridgehead atoms. The Labute approximate surface area is 135 Å². The highest BCUT2D eigenvalue weighted by molar-refractivity contribution is 9.10. The Hall–Kier alpha value is -0.250. The Morgan fingerprint density at radius 2 is 2.05 bits per heavy atom. The van der Waals surface area contributed by atoms with E-state index < -0.39 is 0 Å². The number of ether oxygens (including phenoxy) is 1. The quantitative estimate of drug-likeness (QED) is 0.724. The van der Waals surface area contributed by atoms with Crippen LogP contribution in [0.1, 0.15) is 37.7 Å². The van der Waals surface area contributed by atoms with Gasteiger partial charge in [0.25, 0.3) is 0 Å². The van der Waals surface area contributed by atoms with E-state index in [4.69, 9.17) is 16.3 Å². The van der Waals surface area contributed by atoms with Gasteiger partial charge in [0.05, 0.1) is 5.02 Å². The zero-order valence-electron chi connectivity index (χ0n) is 12.1. The fourth-order valence-corrected chi connectivity index (χ4v) is 3.82. The molecule has 1 aliphatic rings. The number of halogens is 2. The third-order valence-corrected chi connectivity index (χ3v) is 4.62. The summed E-state index contributed by atoms with van der Waals surface area (Å²) in [7, 11) is 0. The van der Waals surface area contributed by atoms with E-state index in [1.807, 2.05) is 19.1 Å². The highest BCUT2D eigenvalue weighted by Gasteiger charge is 2.12. The van der Waals surface area contributed by atoms with E-state index in [-0.39, 0.29) is 0 Å². The van der Waals surface area contributed by atoms with Crippen LogP contribution in [0.25, 0.3) is 0 Å². The van der Waals surface area contributed by atoms with E-state index in [9.17, 15) is 0 Å². The molecule has 4 heteroatoms. The number of rotatable bonds is 6. The fraction of sp³-hybridized carbons (Fsp3) is 0.625. The van der Waals surface area contributed by atoms with Crippen LogP contribution in [0, 0.1) is 12.8 Å². The Balaban J connectivity index is 1.68. The predicted molar refractivity (Wildman–Crippen MR) is 88.8 cm³/mol. The van der Waals surface area contributed by atoms with Crippen LogP contribution >= 0.6 is 27.5 Å². The standard InChI is InChI=1S/C16H23BrClNO/c1-12-9-14(17)10-15(18)16(12)20-8-7-19-11-13-5-3-2-4-6-13/h9-10,13,19H,2-8,11H2,1H3. The summed E-state index contributed by atoms with van der Waals surface area (Å²) in [5.41, 5.74) is 1.07. The predicted octanol–water partition coefficient (Wildman–Crippen LogP) is 4.96. The molecule has 0 amide bonds. The van der Waals surface area contributed by atoms with Crippen molar-refractivity contribution in [2.24, 2.45) is 5.92 Å². The van der Waals surface area contributed by atoms with E-state index in [0.29, 0.717) is 11.6 Å². The van der Waals surface area contributed by atoms with E-state index >= 15 is 0 Å². The van der Waals surface area contributed by atoms with Gasteiger partial charge in [-0.2, -0.15) is 0 Å². The highest BCUT2D eigenvalue weighted by atomic mass is 79.9. The zero-order valence-corrected chi connectivity index (χ0v) is 14.4. The van der Waals surface area contributed by atoms with Gasteiger partial charge in [-0.15, -0.1) is 0 Å². The van der Waals surface area contributed by atoms with Gasteiger partial charge in [-0.25, -0.2) is 0 Å². The Bertz CT molecular complexity index is 409. The van der Waals surface area contributed by atoms with E-state index in [0.717, 1.165) is 34.8 Å². The Morgan fingerprint density at radius 3 is 2.75 bits per heavy atom. The molecule has 112 valence electrons. The summed E-state index contributed by atoms with van der Waals surface area (Å²) in [6.07, 6.45) is 6.98. The average molecular weight is 361 g/mol. The van der Waals surface area contributed by atoms with Crippen molar-refractivity contribution in [2.75, 3.05) is 19.7 Å². The molecule has 0 radical (unpaired) electrons. The topological polar surface area (TPSA) is 21.3 Å². The van der Waals surface area contributed by atoms with Crippen LogP contribution in [0.5, 0.6) is 5.75 Å². The monoisotopic (exact) mass is 359 g/mol. The van der Waals surface area contributed by atoms with E-state index in [1.165, 1.54) is 32.1 Å². The summed E-state index contributed by atoms with van der Waals surface area (Å²) in [5.74, 6) is 1.66. The first-order valence-electron chi connectivity index (χ1n) is 7.46. The molecule has 1 aliphatic carbocycles. The minimum absolute atomic E-state index is 0.662. The van der Waals surface area contributed by atoms with Crippen LogP contribution in [0.3, 0.4) is 0 Å². The minimum atomic E-state index is 0.662. The Morgan fingerprint density at radius 1 is 1.30 bits per heavy atom. The number of benzene rings is 1. The van der Waals surface area contributed by atoms with E-state index in [2.05, 4.69) is 21.2 Å². The van der Waals surface area contributed by atoms with Gasteiger partial charge in [-0.3, -0.25) is 0 Å². The van der Waals surface area contributed by atoms with Gasteiger partial charge in [0.1, 0.15) is 12.4 Å². The molecule has 2 nitrogen and oxygen atoms in total. The highest BCUT2D eigenvalue weighted by Crippen LogP contribution is 2.31. The first-order chi connectivity index (χ1) is 9.66. The fourth-order valence-electron chi connectivity index (χ4n) is 2.79. The third kappa shape index (κ3) is 4.94. The van der Waals surface area contributed by atoms with Gasteiger partial charge in [-0.05, 0) is 49.9 Å². The van der Waals surface area contributed by atoms with Crippen LogP contribution in [0.15, 0.2) is 16.6 Å². The van der Waals surface area contributed by atoms with Crippen molar-refractivity contribution < 1.29 is 4.74 Å². The molecule has 0 unspecified atom stereocenters. The van der Waals surface area contributed by atoms with Crippen LogP contribution in [0.2, 0.25) is 5.02 Å². The molecule has 0 heterocycles. The lowest BCUT2D eigenvalue weighted by Gasteiger charge is -2.21. The molecule has 20 heavy (non-hydrogen) atoms. The molecule has 0 atom stereocenters. The number of nitrogens with one attached hydrogen (secondary N) is 1. The van der Waals surface area contributed by atoms with Crippen LogP contribution in [-0.4, -0.2) is 19.7 Å². The first-order valence-corrected chi connectivity index (χ1v) is 8.63. The number of hydrogen-bond donors (Lipinski definition) is 1. The van der Waals surface area contributed by atoms with Crippen molar-refractivity contribution in [1.29, 1.82) is 0 Å². The van der Waals surface area contributed by atoms with Gasteiger partial charge in [-0.1, -0.05) is 46.8 Å². The third-order valence-electron chi connectivity index (χ3n) is 3.88. The molecule has 0 saturated heterocycles. The summed E-state index contributed by atoms with van der Waals surface area (Å²) >= 11 is 9.63. The van der Waals surface area contributed by atoms with Crippen LogP contribution < -0.4 is 10.1 Å². The second-order valence-corrected chi connectivity index (χ2v) is 6.91. The second-order valence-electron chi connectivity index (χ2n) is 5.59. The molecule has 0 aliphatic heterocycles. The lowest BCUT2D eigenvalue weighted by atomic mass is 9.89. The van der Waals surface area contributed by atoms with Crippen molar-refractivity contribution in [3.8, 4) is 5.75 Å². The maximum Gasteiger partial charge on any atom is 0.140 e. The van der Waals surface area contributed by atoms with Crippen molar-refractivity contribution in [2.45, 2.75) is 39.0 Å². The SMILES string of the molecule is Cc1cc(Br)cc(Cl)c1OCCNCC1CCCCC1. The largest absolute Gasteiger partial charge is 0.490 e. The van der Waals surface area contributed by atoms with Gasteiger partial charge in [0.15, 0.2) is 0 Å². The lowest BCUT2D eigenvalue weighted by molar-refractivity contribution is 0.293. The zero-order chi connectivity index (χ0) is 14.4. The molecule has 1 saturated carbocycles. The molecule has 1 aromatic carbocycles. The average Bonchev–Trinajstić information content (AvgIpc) is 2.42. The summed E-state index contributed by atoms with van der Waals surface area (Å²) in [6.45, 7) is 4.68. The molecule has 1 aromatic rings. The van der Waals surface area contributed by atoms with Gasteiger partial charge in [0.2, 0.25) is 0 Å². The summed E-state index contributed by atoms with van der Waals surface area (Å²) in [6, 6.07) is 3.90. The van der Waals surface area contributed by atoms with E-state index in [1.54, 1.807) is 0 Å². The summed E-state index contributed by atoms with van der Waals surface area (Å²) in [4.78, 5) is 0. The maximum atomic E-state index is 6.19. The first kappa shape index (κ1) is 16.1. The van der Waals surface area contributed by atoms with Crippen molar-refractivity contribution in [1.82, 2.24) is 5.32 Å². The molecular formula is C16H23BrClNO. The molecule has 2 rings (SSSR count). The van der Waals surface area contributed by atoms with Crippen molar-refractivity contribution in [3.05, 3.63) is 27.2 Å². The van der Waals surface area contributed by atoms with Crippen LogP contribution in [0.4, 0.5) is 0 Å². The molecular weight excluding hydrogens is 338 g/mol. The molecule has 1 fully saturated rings. The van der Waals surface area contributed by atoms with Gasteiger partial charge >= 0.3 is 0 Å². The second kappa shape index (κ2) is 8.26. The normalized spacial score (nSPS) is 16.4. The smallest absolute Gasteiger partial charge is 0.140 e. The molecule has 0 aromatic heterocycles. The number of hydrogen-bond acceptors (Lipinski definition) is 2. The van der Waals surface area contributed by atoms with Crippen molar-refractivity contribution >= 4 is 27.5 Å².